The van der Waals surface area contributed by atoms with Crippen LogP contribution in [0, 0.1) is 11.6 Å². The van der Waals surface area contributed by atoms with Gasteiger partial charge in [-0.2, -0.15) is 0 Å². The van der Waals surface area contributed by atoms with E-state index < -0.39 is 0 Å². The van der Waals surface area contributed by atoms with Crippen molar-refractivity contribution in [3.05, 3.63) is 33.3 Å². The van der Waals surface area contributed by atoms with Gasteiger partial charge in [-0.25, -0.2) is 15.0 Å². The molecule has 0 amide bonds. The van der Waals surface area contributed by atoms with Crippen molar-refractivity contribution in [3.8, 4) is 11.6 Å². The summed E-state index contributed by atoms with van der Waals surface area (Å²) in [7, 11) is 0. The zero-order valence-corrected chi connectivity index (χ0v) is 10.3. The molecule has 2 heterocycles. The molecule has 6 heteroatoms. The van der Waals surface area contributed by atoms with Crippen molar-refractivity contribution >= 4 is 28.1 Å². The average Bonchev–Trinajstić information content (AvgIpc) is 2.23. The minimum atomic E-state index is 0.541. The van der Waals surface area contributed by atoms with Crippen molar-refractivity contribution in [1.29, 1.82) is 0 Å². The molecular weight excluding hydrogens is 276 g/mol. The Bertz CT molecular complexity index is 535. The van der Waals surface area contributed by atoms with Gasteiger partial charge in [-0.3, -0.25) is 0 Å². The Morgan fingerprint density at radius 1 is 1.20 bits per heavy atom. The molecule has 76 valence electrons. The Morgan fingerprint density at radius 2 is 1.87 bits per heavy atom. The van der Waals surface area contributed by atoms with Crippen LogP contribution in [0.4, 0.5) is 0 Å². The lowest BCUT2D eigenvalue weighted by molar-refractivity contribution is 1.05. The fraction of sp³-hybridized carbons (Fsp3) is 0.111. The lowest BCUT2D eigenvalue weighted by Crippen LogP contribution is -1.95. The maximum Gasteiger partial charge on any atom is 0.195 e. The summed E-state index contributed by atoms with van der Waals surface area (Å²) in [5, 5.41) is 0. The maximum absolute atomic E-state index is 5.07. The van der Waals surface area contributed by atoms with Crippen molar-refractivity contribution in [3.63, 3.8) is 0 Å². The van der Waals surface area contributed by atoms with Crippen LogP contribution >= 0.6 is 28.1 Å². The highest BCUT2D eigenvalue weighted by atomic mass is 79.9. The Morgan fingerprint density at radius 3 is 2.47 bits per heavy atom. The smallest absolute Gasteiger partial charge is 0.195 e. The van der Waals surface area contributed by atoms with Crippen LogP contribution in [0.1, 0.15) is 5.56 Å². The summed E-state index contributed by atoms with van der Waals surface area (Å²) in [6.45, 7) is 1.93. The van der Waals surface area contributed by atoms with E-state index in [-0.39, 0.29) is 0 Å². The minimum absolute atomic E-state index is 0.541. The molecular formula is C9H7BrN4S. The van der Waals surface area contributed by atoms with Crippen molar-refractivity contribution in [2.24, 2.45) is 0 Å². The van der Waals surface area contributed by atoms with Gasteiger partial charge in [0, 0.05) is 18.6 Å². The molecule has 0 bridgehead atoms. The van der Waals surface area contributed by atoms with Gasteiger partial charge in [-0.1, -0.05) is 12.2 Å². The molecule has 0 unspecified atom stereocenters. The number of hydrogen-bond donors (Lipinski definition) is 1. The fourth-order valence-electron chi connectivity index (χ4n) is 1.01. The van der Waals surface area contributed by atoms with E-state index in [2.05, 4.69) is 35.9 Å². The van der Waals surface area contributed by atoms with Crippen LogP contribution in [0.25, 0.3) is 11.6 Å². The molecule has 0 radical (unpaired) electrons. The SMILES string of the molecule is Cc1cnc(-c2ncc(Br)c(=S)[nH]2)nc1. The summed E-state index contributed by atoms with van der Waals surface area (Å²) in [6, 6.07) is 0. The highest BCUT2D eigenvalue weighted by Crippen LogP contribution is 2.13. The molecule has 0 aliphatic heterocycles. The maximum atomic E-state index is 5.07. The van der Waals surface area contributed by atoms with E-state index in [1.807, 2.05) is 6.92 Å². The van der Waals surface area contributed by atoms with Gasteiger partial charge in [0.05, 0.1) is 4.47 Å². The van der Waals surface area contributed by atoms with Crippen LogP contribution in [0.5, 0.6) is 0 Å². The van der Waals surface area contributed by atoms with Gasteiger partial charge in [0.1, 0.15) is 4.64 Å². The summed E-state index contributed by atoms with van der Waals surface area (Å²) in [5.74, 6) is 1.11. The molecule has 2 aromatic rings. The molecule has 0 aliphatic carbocycles. The van der Waals surface area contributed by atoms with Gasteiger partial charge in [0.2, 0.25) is 0 Å². The van der Waals surface area contributed by atoms with Gasteiger partial charge < -0.3 is 4.98 Å². The Balaban J connectivity index is 2.50. The standard InChI is InChI=1S/C9H7BrN4S/c1-5-2-11-7(12-3-5)8-13-4-6(10)9(15)14-8/h2-4H,1H3,(H,13,14,15). The lowest BCUT2D eigenvalue weighted by Gasteiger charge is -1.99. The highest BCUT2D eigenvalue weighted by molar-refractivity contribution is 9.10. The molecule has 0 fully saturated rings. The predicted octanol–water partition coefficient (Wildman–Crippen LogP) is 2.67. The molecule has 0 spiro atoms. The molecule has 0 aromatic carbocycles. The number of nitrogens with one attached hydrogen (secondary N) is 1. The van der Waals surface area contributed by atoms with E-state index in [0.29, 0.717) is 16.3 Å². The van der Waals surface area contributed by atoms with Crippen molar-refractivity contribution in [2.75, 3.05) is 0 Å². The minimum Gasteiger partial charge on any atom is -0.327 e. The first-order valence-corrected chi connectivity index (χ1v) is 5.41. The monoisotopic (exact) mass is 282 g/mol. The molecule has 2 rings (SSSR count). The van der Waals surface area contributed by atoms with E-state index in [4.69, 9.17) is 12.2 Å². The van der Waals surface area contributed by atoms with Crippen molar-refractivity contribution in [1.82, 2.24) is 19.9 Å². The third kappa shape index (κ3) is 2.27. The van der Waals surface area contributed by atoms with E-state index in [1.165, 1.54) is 0 Å². The van der Waals surface area contributed by atoms with E-state index in [1.54, 1.807) is 18.6 Å². The molecule has 0 aliphatic rings. The molecule has 0 atom stereocenters. The third-order valence-corrected chi connectivity index (χ3v) is 2.93. The normalized spacial score (nSPS) is 10.3. The first kappa shape index (κ1) is 10.4. The van der Waals surface area contributed by atoms with E-state index >= 15 is 0 Å². The quantitative estimate of drug-likeness (QED) is 0.817. The number of aromatic nitrogens is 4. The Hall–Kier alpha value is -1.14. The van der Waals surface area contributed by atoms with Crippen LogP contribution in [0.15, 0.2) is 23.1 Å². The summed E-state index contributed by atoms with van der Waals surface area (Å²) >= 11 is 8.34. The highest BCUT2D eigenvalue weighted by Gasteiger charge is 2.03. The van der Waals surface area contributed by atoms with Gasteiger partial charge in [-0.05, 0) is 28.4 Å². The Kier molecular flexibility index (Phi) is 2.88. The summed E-state index contributed by atoms with van der Waals surface area (Å²) in [4.78, 5) is 15.4. The van der Waals surface area contributed by atoms with Crippen LogP contribution in [0.3, 0.4) is 0 Å². The summed E-state index contributed by atoms with van der Waals surface area (Å²) < 4.78 is 1.34. The van der Waals surface area contributed by atoms with Crippen molar-refractivity contribution < 1.29 is 0 Å². The predicted molar refractivity (Wildman–Crippen MR) is 62.9 cm³/mol. The second-order valence-electron chi connectivity index (χ2n) is 2.99. The number of aryl methyl sites for hydroxylation is 1. The zero-order valence-electron chi connectivity index (χ0n) is 7.86. The first-order valence-electron chi connectivity index (χ1n) is 4.20. The molecule has 2 aromatic heterocycles. The number of H-pyrrole nitrogens is 1. The van der Waals surface area contributed by atoms with Gasteiger partial charge in [-0.15, -0.1) is 0 Å². The first-order chi connectivity index (χ1) is 7.16. The second-order valence-corrected chi connectivity index (χ2v) is 4.26. The van der Waals surface area contributed by atoms with Gasteiger partial charge >= 0.3 is 0 Å². The largest absolute Gasteiger partial charge is 0.327 e. The summed E-state index contributed by atoms with van der Waals surface area (Å²) in [6.07, 6.45) is 5.11. The zero-order chi connectivity index (χ0) is 10.8. The van der Waals surface area contributed by atoms with Gasteiger partial charge in [0.15, 0.2) is 11.6 Å². The number of halogens is 1. The van der Waals surface area contributed by atoms with Crippen LogP contribution in [-0.4, -0.2) is 19.9 Å². The molecule has 0 saturated heterocycles. The van der Waals surface area contributed by atoms with E-state index in [9.17, 15) is 0 Å². The number of hydrogen-bond acceptors (Lipinski definition) is 4. The van der Waals surface area contributed by atoms with Crippen LogP contribution in [0.2, 0.25) is 0 Å². The van der Waals surface area contributed by atoms with Crippen molar-refractivity contribution in [2.45, 2.75) is 6.92 Å². The number of rotatable bonds is 1. The number of nitrogens with zero attached hydrogens (tertiary/aromatic N) is 3. The van der Waals surface area contributed by atoms with Gasteiger partial charge in [0.25, 0.3) is 0 Å². The molecule has 15 heavy (non-hydrogen) atoms. The molecule has 4 nitrogen and oxygen atoms in total. The fourth-order valence-corrected chi connectivity index (χ4v) is 1.36. The lowest BCUT2D eigenvalue weighted by atomic mass is 10.4. The summed E-state index contributed by atoms with van der Waals surface area (Å²) in [5.41, 5.74) is 1.01. The molecule has 1 N–H and O–H groups in total. The average molecular weight is 283 g/mol. The van der Waals surface area contributed by atoms with Crippen LogP contribution in [-0.2, 0) is 0 Å². The topological polar surface area (TPSA) is 54.5 Å². The number of aromatic amines is 1. The third-order valence-electron chi connectivity index (χ3n) is 1.75. The van der Waals surface area contributed by atoms with Crippen LogP contribution < -0.4 is 0 Å². The second kappa shape index (κ2) is 4.16. The molecule has 0 saturated carbocycles. The Labute approximate surface area is 100.0 Å². The van der Waals surface area contributed by atoms with E-state index in [0.717, 1.165) is 10.0 Å².